The highest BCUT2D eigenvalue weighted by Crippen LogP contribution is 2.65. The van der Waals surface area contributed by atoms with Crippen molar-refractivity contribution in [1.29, 1.82) is 0 Å². The van der Waals surface area contributed by atoms with E-state index < -0.39 is 0 Å². The molecule has 0 aromatic carbocycles. The maximum atomic E-state index is 6.35. The smallest absolute Gasteiger partial charge is 0.404 e. The van der Waals surface area contributed by atoms with Crippen LogP contribution in [-0.4, -0.2) is 24.8 Å². The standard InChI is InChI=1S/C15H28BNO2/c1-9(2)6-13(17)16-18-12-8-10-7-11(14(10,3)4)15(12,5)19-16/h9-13H,6-8,17H2,1-5H3/t10-,11-,12+,13-,15-/m1/s1. The molecule has 0 spiro atoms. The van der Waals surface area contributed by atoms with Crippen LogP contribution < -0.4 is 5.73 Å². The van der Waals surface area contributed by atoms with Gasteiger partial charge in [-0.05, 0) is 49.4 Å². The molecule has 0 amide bonds. The van der Waals surface area contributed by atoms with Crippen LogP contribution in [0.4, 0.5) is 0 Å². The fraction of sp³-hybridized carbons (Fsp3) is 1.00. The molecule has 2 N–H and O–H groups in total. The normalized spacial score (nSPS) is 45.0. The lowest BCUT2D eigenvalue weighted by molar-refractivity contribution is -0.199. The van der Waals surface area contributed by atoms with Crippen LogP contribution in [-0.2, 0) is 9.31 Å². The molecular formula is C15H28BNO2. The van der Waals surface area contributed by atoms with Gasteiger partial charge in [0.25, 0.3) is 0 Å². The third-order valence-electron chi connectivity index (χ3n) is 6.06. The third kappa shape index (κ3) is 1.90. The van der Waals surface area contributed by atoms with E-state index in [4.69, 9.17) is 15.0 Å². The first kappa shape index (κ1) is 13.9. The van der Waals surface area contributed by atoms with Gasteiger partial charge in [-0.1, -0.05) is 27.7 Å². The molecule has 0 radical (unpaired) electrons. The van der Waals surface area contributed by atoms with E-state index in [2.05, 4.69) is 34.6 Å². The second kappa shape index (κ2) is 4.22. The van der Waals surface area contributed by atoms with Gasteiger partial charge in [0.1, 0.15) is 0 Å². The highest BCUT2D eigenvalue weighted by atomic mass is 16.7. The molecule has 19 heavy (non-hydrogen) atoms. The van der Waals surface area contributed by atoms with Crippen molar-refractivity contribution in [2.45, 2.75) is 71.5 Å². The Hall–Kier alpha value is -0.0551. The molecule has 3 aliphatic carbocycles. The van der Waals surface area contributed by atoms with E-state index in [9.17, 15) is 0 Å². The molecule has 3 saturated carbocycles. The second-order valence-electron chi connectivity index (χ2n) is 8.13. The summed E-state index contributed by atoms with van der Waals surface area (Å²) in [4.78, 5) is 0. The molecule has 5 atom stereocenters. The molecule has 1 heterocycles. The van der Waals surface area contributed by atoms with Crippen molar-refractivity contribution in [2.75, 3.05) is 0 Å². The van der Waals surface area contributed by atoms with Gasteiger partial charge in [0.2, 0.25) is 0 Å². The molecule has 4 rings (SSSR count). The van der Waals surface area contributed by atoms with Crippen LogP contribution in [0.1, 0.15) is 53.9 Å². The molecule has 4 heteroatoms. The van der Waals surface area contributed by atoms with Crippen molar-refractivity contribution >= 4 is 7.12 Å². The number of nitrogens with two attached hydrogens (primary N) is 1. The first-order valence-corrected chi connectivity index (χ1v) is 7.84. The fourth-order valence-corrected chi connectivity index (χ4v) is 4.74. The molecule has 2 bridgehead atoms. The summed E-state index contributed by atoms with van der Waals surface area (Å²) in [6.45, 7) is 11.4. The van der Waals surface area contributed by atoms with Crippen LogP contribution in [0.15, 0.2) is 0 Å². The summed E-state index contributed by atoms with van der Waals surface area (Å²) in [6.07, 6.45) is 3.67. The summed E-state index contributed by atoms with van der Waals surface area (Å²) in [5, 5.41) is 0. The van der Waals surface area contributed by atoms with Crippen molar-refractivity contribution in [3.63, 3.8) is 0 Å². The van der Waals surface area contributed by atoms with E-state index in [1.165, 1.54) is 6.42 Å². The summed E-state index contributed by atoms with van der Waals surface area (Å²) in [7, 11) is -0.201. The molecule has 4 fully saturated rings. The van der Waals surface area contributed by atoms with Gasteiger partial charge < -0.3 is 15.0 Å². The van der Waals surface area contributed by atoms with Crippen molar-refractivity contribution in [2.24, 2.45) is 28.9 Å². The Morgan fingerprint density at radius 2 is 1.95 bits per heavy atom. The topological polar surface area (TPSA) is 44.5 Å². The minimum Gasteiger partial charge on any atom is -0.404 e. The van der Waals surface area contributed by atoms with Crippen molar-refractivity contribution in [3.8, 4) is 0 Å². The molecule has 1 aliphatic heterocycles. The van der Waals surface area contributed by atoms with Gasteiger partial charge >= 0.3 is 7.12 Å². The Labute approximate surface area is 117 Å². The van der Waals surface area contributed by atoms with Crippen molar-refractivity contribution < 1.29 is 9.31 Å². The summed E-state index contributed by atoms with van der Waals surface area (Å²) in [6, 6.07) is 0. The third-order valence-corrected chi connectivity index (χ3v) is 6.06. The molecule has 108 valence electrons. The van der Waals surface area contributed by atoms with Gasteiger partial charge in [0.15, 0.2) is 0 Å². The Kier molecular flexibility index (Phi) is 3.09. The molecule has 0 aromatic heterocycles. The maximum Gasteiger partial charge on any atom is 0.475 e. The van der Waals surface area contributed by atoms with E-state index in [-0.39, 0.29) is 24.8 Å². The van der Waals surface area contributed by atoms with E-state index in [1.54, 1.807) is 0 Å². The van der Waals surface area contributed by atoms with E-state index in [0.717, 1.165) is 18.8 Å². The van der Waals surface area contributed by atoms with Crippen LogP contribution in [0, 0.1) is 23.2 Å². The Balaban J connectivity index is 1.74. The van der Waals surface area contributed by atoms with Gasteiger partial charge in [-0.3, -0.25) is 0 Å². The quantitative estimate of drug-likeness (QED) is 0.798. The lowest BCUT2D eigenvalue weighted by Crippen LogP contribution is -2.65. The van der Waals surface area contributed by atoms with Crippen LogP contribution in [0.5, 0.6) is 0 Å². The van der Waals surface area contributed by atoms with Gasteiger partial charge in [0, 0.05) is 5.94 Å². The molecule has 1 saturated heterocycles. The monoisotopic (exact) mass is 265 g/mol. The van der Waals surface area contributed by atoms with Gasteiger partial charge in [-0.15, -0.1) is 0 Å². The van der Waals surface area contributed by atoms with Gasteiger partial charge in [-0.2, -0.15) is 0 Å². The first-order valence-electron chi connectivity index (χ1n) is 7.84. The summed E-state index contributed by atoms with van der Waals surface area (Å²) in [5.74, 6) is 2.02. The minimum atomic E-state index is -0.201. The SMILES string of the molecule is CC(C)C[C@@H](N)B1O[C@H]2C[C@H]3C[C@H](C3(C)C)[C@@]2(C)O1. The Bertz CT molecular complexity index is 373. The number of rotatable bonds is 3. The van der Waals surface area contributed by atoms with E-state index >= 15 is 0 Å². The number of hydrogen-bond donors (Lipinski definition) is 1. The summed E-state index contributed by atoms with van der Waals surface area (Å²) >= 11 is 0. The highest BCUT2D eigenvalue weighted by molar-refractivity contribution is 6.47. The highest BCUT2D eigenvalue weighted by Gasteiger charge is 2.68. The lowest BCUT2D eigenvalue weighted by atomic mass is 9.43. The molecular weight excluding hydrogens is 237 g/mol. The lowest BCUT2D eigenvalue weighted by Gasteiger charge is -2.64. The zero-order chi connectivity index (χ0) is 14.0. The van der Waals surface area contributed by atoms with Crippen molar-refractivity contribution in [3.05, 3.63) is 0 Å². The van der Waals surface area contributed by atoms with Crippen LogP contribution in [0.3, 0.4) is 0 Å². The predicted octanol–water partition coefficient (Wildman–Crippen LogP) is 2.63. The predicted molar refractivity (Wildman–Crippen MR) is 77.5 cm³/mol. The Morgan fingerprint density at radius 3 is 2.53 bits per heavy atom. The molecule has 3 nitrogen and oxygen atoms in total. The average molecular weight is 265 g/mol. The largest absolute Gasteiger partial charge is 0.475 e. The number of hydrogen-bond acceptors (Lipinski definition) is 3. The van der Waals surface area contributed by atoms with E-state index in [1.807, 2.05) is 0 Å². The van der Waals surface area contributed by atoms with Gasteiger partial charge in [-0.25, -0.2) is 0 Å². The first-order chi connectivity index (χ1) is 8.75. The zero-order valence-electron chi connectivity index (χ0n) is 13.0. The molecule has 0 aromatic rings. The minimum absolute atomic E-state index is 0.00253. The van der Waals surface area contributed by atoms with Crippen LogP contribution in [0.2, 0.25) is 0 Å². The zero-order valence-corrected chi connectivity index (χ0v) is 13.0. The molecule has 4 aliphatic rings. The maximum absolute atomic E-state index is 6.35. The average Bonchev–Trinajstić information content (AvgIpc) is 2.64. The summed E-state index contributed by atoms with van der Waals surface area (Å²) < 4.78 is 12.5. The van der Waals surface area contributed by atoms with Gasteiger partial charge in [0.05, 0.1) is 11.7 Å². The fourth-order valence-electron chi connectivity index (χ4n) is 4.74. The second-order valence-corrected chi connectivity index (χ2v) is 8.13. The Morgan fingerprint density at radius 1 is 1.26 bits per heavy atom. The van der Waals surface area contributed by atoms with Crippen LogP contribution in [0.25, 0.3) is 0 Å². The van der Waals surface area contributed by atoms with Crippen LogP contribution >= 0.6 is 0 Å². The van der Waals surface area contributed by atoms with E-state index in [0.29, 0.717) is 17.3 Å². The molecule has 0 unspecified atom stereocenters. The summed E-state index contributed by atoms with van der Waals surface area (Å²) in [5.41, 5.74) is 6.56. The van der Waals surface area contributed by atoms with Crippen molar-refractivity contribution in [1.82, 2.24) is 0 Å².